The third-order valence-corrected chi connectivity index (χ3v) is 1.20. The highest BCUT2D eigenvalue weighted by atomic mass is 16.2. The maximum absolute atomic E-state index is 10.8. The fraction of sp³-hybridized carbons (Fsp3) is 0.667. The lowest BCUT2D eigenvalue weighted by Gasteiger charge is -2.15. The lowest BCUT2D eigenvalue weighted by Crippen LogP contribution is -2.36. The lowest BCUT2D eigenvalue weighted by molar-refractivity contribution is -0.131. The third-order valence-electron chi connectivity index (χ3n) is 1.20. The van der Waals surface area contributed by atoms with Gasteiger partial charge in [0.15, 0.2) is 0 Å². The molecular weight excluding hydrogens is 132 g/mol. The third kappa shape index (κ3) is 2.59. The summed E-state index contributed by atoms with van der Waals surface area (Å²) in [5.74, 6) is -0.186. The van der Waals surface area contributed by atoms with Crippen molar-refractivity contribution in [3.8, 4) is 0 Å². The first-order chi connectivity index (χ1) is 4.76. The van der Waals surface area contributed by atoms with Crippen molar-refractivity contribution in [1.29, 1.82) is 0 Å². The van der Waals surface area contributed by atoms with Crippen LogP contribution in [0, 0.1) is 0 Å². The van der Waals surface area contributed by atoms with Crippen LogP contribution in [0.25, 0.3) is 0 Å². The van der Waals surface area contributed by atoms with Gasteiger partial charge in [-0.25, -0.2) is 0 Å². The molecule has 4 nitrogen and oxygen atoms in total. The molecule has 0 fully saturated rings. The van der Waals surface area contributed by atoms with E-state index in [-0.39, 0.29) is 19.0 Å². The van der Waals surface area contributed by atoms with Gasteiger partial charge in [-0.1, -0.05) is 0 Å². The molecule has 1 amide bonds. The number of hydrogen-bond acceptors (Lipinski definition) is 3. The van der Waals surface area contributed by atoms with Crippen molar-refractivity contribution < 1.29 is 9.59 Å². The Balaban J connectivity index is 3.79. The zero-order chi connectivity index (χ0) is 7.98. The quantitative estimate of drug-likeness (QED) is 0.514. The Morgan fingerprint density at radius 1 is 1.70 bits per heavy atom. The van der Waals surface area contributed by atoms with E-state index in [1.54, 1.807) is 6.92 Å². The van der Waals surface area contributed by atoms with Gasteiger partial charge in [-0.15, -0.1) is 0 Å². The summed E-state index contributed by atoms with van der Waals surface area (Å²) in [7, 11) is 0. The van der Waals surface area contributed by atoms with Crippen molar-refractivity contribution in [2.24, 2.45) is 5.73 Å². The molecule has 0 aromatic heterocycles. The van der Waals surface area contributed by atoms with E-state index in [2.05, 4.69) is 0 Å². The number of hydrogen-bond donors (Lipinski definition) is 1. The molecule has 0 aromatic carbocycles. The highest BCUT2D eigenvalue weighted by Crippen LogP contribution is 1.84. The molecule has 0 heterocycles. The number of amides is 1. The summed E-state index contributed by atoms with van der Waals surface area (Å²) in [6.45, 7) is 2.46. The maximum Gasteiger partial charge on any atom is 0.236 e. The molecule has 0 saturated heterocycles. The van der Waals surface area contributed by atoms with E-state index >= 15 is 0 Å². The Morgan fingerprint density at radius 3 is 2.60 bits per heavy atom. The van der Waals surface area contributed by atoms with E-state index in [0.717, 1.165) is 0 Å². The lowest BCUT2D eigenvalue weighted by atomic mass is 10.4. The standard InChI is InChI=1S/C6H12N2O2/c1-2-8(3-4-9)6(10)5-7/h4H,2-3,5,7H2,1H3. The molecule has 0 aromatic rings. The van der Waals surface area contributed by atoms with Gasteiger partial charge in [0.25, 0.3) is 0 Å². The summed E-state index contributed by atoms with van der Waals surface area (Å²) < 4.78 is 0. The van der Waals surface area contributed by atoms with Gasteiger partial charge < -0.3 is 15.4 Å². The van der Waals surface area contributed by atoms with Crippen LogP contribution >= 0.6 is 0 Å². The fourth-order valence-electron chi connectivity index (χ4n) is 0.626. The predicted molar refractivity (Wildman–Crippen MR) is 37.4 cm³/mol. The number of aldehydes is 1. The normalized spacial score (nSPS) is 9.00. The molecule has 0 aliphatic heterocycles. The highest BCUT2D eigenvalue weighted by molar-refractivity contribution is 5.80. The molecule has 0 saturated carbocycles. The fourth-order valence-corrected chi connectivity index (χ4v) is 0.626. The average Bonchev–Trinajstić information content (AvgIpc) is 1.99. The van der Waals surface area contributed by atoms with E-state index in [0.29, 0.717) is 12.8 Å². The van der Waals surface area contributed by atoms with Crippen LogP contribution in [-0.2, 0) is 9.59 Å². The number of carbonyl (C=O) groups is 2. The smallest absolute Gasteiger partial charge is 0.236 e. The van der Waals surface area contributed by atoms with Crippen molar-refractivity contribution in [3.05, 3.63) is 0 Å². The van der Waals surface area contributed by atoms with Crippen LogP contribution in [-0.4, -0.2) is 36.7 Å². The number of nitrogens with zero attached hydrogens (tertiary/aromatic N) is 1. The average molecular weight is 144 g/mol. The Bertz CT molecular complexity index is 125. The topological polar surface area (TPSA) is 63.4 Å². The Labute approximate surface area is 60.0 Å². The van der Waals surface area contributed by atoms with Crippen molar-refractivity contribution in [1.82, 2.24) is 4.90 Å². The first-order valence-corrected chi connectivity index (χ1v) is 3.17. The first-order valence-electron chi connectivity index (χ1n) is 3.17. The van der Waals surface area contributed by atoms with Gasteiger partial charge in [-0.2, -0.15) is 0 Å². The number of nitrogens with two attached hydrogens (primary N) is 1. The largest absolute Gasteiger partial charge is 0.335 e. The van der Waals surface area contributed by atoms with Gasteiger partial charge >= 0.3 is 0 Å². The van der Waals surface area contributed by atoms with E-state index in [4.69, 9.17) is 5.73 Å². The molecule has 10 heavy (non-hydrogen) atoms. The molecule has 2 N–H and O–H groups in total. The summed E-state index contributed by atoms with van der Waals surface area (Å²) in [4.78, 5) is 22.1. The van der Waals surface area contributed by atoms with Gasteiger partial charge in [0.2, 0.25) is 5.91 Å². The second-order valence-corrected chi connectivity index (χ2v) is 1.80. The van der Waals surface area contributed by atoms with Crippen LogP contribution < -0.4 is 5.73 Å². The Hall–Kier alpha value is -0.900. The van der Waals surface area contributed by atoms with E-state index < -0.39 is 0 Å². The minimum Gasteiger partial charge on any atom is -0.335 e. The monoisotopic (exact) mass is 144 g/mol. The molecule has 0 bridgehead atoms. The van der Waals surface area contributed by atoms with Crippen LogP contribution in [0.2, 0.25) is 0 Å². The second kappa shape index (κ2) is 4.93. The Kier molecular flexibility index (Phi) is 4.49. The zero-order valence-electron chi connectivity index (χ0n) is 6.04. The summed E-state index contributed by atoms with van der Waals surface area (Å²) in [5, 5.41) is 0. The van der Waals surface area contributed by atoms with Gasteiger partial charge in [0.1, 0.15) is 6.29 Å². The van der Waals surface area contributed by atoms with Crippen LogP contribution in [0.5, 0.6) is 0 Å². The van der Waals surface area contributed by atoms with Crippen molar-refractivity contribution in [2.75, 3.05) is 19.6 Å². The number of carbonyl (C=O) groups excluding carboxylic acids is 2. The van der Waals surface area contributed by atoms with Crippen molar-refractivity contribution >= 4 is 12.2 Å². The minimum absolute atomic E-state index is 0.0261. The molecule has 0 aliphatic rings. The predicted octanol–water partition coefficient (Wildman–Crippen LogP) is -1.01. The van der Waals surface area contributed by atoms with Gasteiger partial charge in [-0.05, 0) is 6.92 Å². The highest BCUT2D eigenvalue weighted by Gasteiger charge is 2.06. The molecule has 0 unspecified atom stereocenters. The molecule has 0 atom stereocenters. The summed E-state index contributed by atoms with van der Waals surface area (Å²) in [5.41, 5.74) is 5.07. The number of likely N-dealkylation sites (N-methyl/N-ethyl adjacent to an activating group) is 1. The van der Waals surface area contributed by atoms with Crippen LogP contribution in [0.15, 0.2) is 0 Å². The van der Waals surface area contributed by atoms with Crippen molar-refractivity contribution in [2.45, 2.75) is 6.92 Å². The minimum atomic E-state index is -0.186. The number of rotatable bonds is 4. The molecule has 0 aliphatic carbocycles. The maximum atomic E-state index is 10.8. The van der Waals surface area contributed by atoms with Gasteiger partial charge in [0.05, 0.1) is 13.1 Å². The van der Waals surface area contributed by atoms with E-state index in [9.17, 15) is 9.59 Å². The van der Waals surface area contributed by atoms with Crippen LogP contribution in [0.4, 0.5) is 0 Å². The van der Waals surface area contributed by atoms with Crippen LogP contribution in [0.1, 0.15) is 6.92 Å². The van der Waals surface area contributed by atoms with Gasteiger partial charge in [0, 0.05) is 6.54 Å². The molecule has 0 spiro atoms. The van der Waals surface area contributed by atoms with Crippen LogP contribution in [0.3, 0.4) is 0 Å². The molecular formula is C6H12N2O2. The van der Waals surface area contributed by atoms with E-state index in [1.807, 2.05) is 0 Å². The molecule has 0 rings (SSSR count). The molecule has 4 heteroatoms. The summed E-state index contributed by atoms with van der Waals surface area (Å²) in [6, 6.07) is 0. The molecule has 0 radical (unpaired) electrons. The summed E-state index contributed by atoms with van der Waals surface area (Å²) in [6.07, 6.45) is 0.692. The van der Waals surface area contributed by atoms with Gasteiger partial charge in [-0.3, -0.25) is 4.79 Å². The SMILES string of the molecule is CCN(CC=O)C(=O)CN. The zero-order valence-corrected chi connectivity index (χ0v) is 6.04. The van der Waals surface area contributed by atoms with E-state index in [1.165, 1.54) is 4.90 Å². The molecule has 58 valence electrons. The van der Waals surface area contributed by atoms with Crippen molar-refractivity contribution in [3.63, 3.8) is 0 Å². The second-order valence-electron chi connectivity index (χ2n) is 1.80. The first kappa shape index (κ1) is 9.10. The summed E-state index contributed by atoms with van der Waals surface area (Å²) >= 11 is 0. The Morgan fingerprint density at radius 2 is 2.30 bits per heavy atom.